The number of hydrogen-bond acceptors (Lipinski definition) is 2. The molecule has 1 aliphatic heterocycles. The Bertz CT molecular complexity index is 865. The van der Waals surface area contributed by atoms with Gasteiger partial charge in [0.25, 0.3) is 0 Å². The van der Waals surface area contributed by atoms with E-state index in [2.05, 4.69) is 19.7 Å². The molecule has 32 heavy (non-hydrogen) atoms. The topological polar surface area (TPSA) is 32.8 Å². The number of hydrogen-bond donors (Lipinski definition) is 1. The summed E-state index contributed by atoms with van der Waals surface area (Å²) >= 11 is 0. The molecule has 0 aliphatic carbocycles. The Labute approximate surface area is 209 Å². The molecule has 2 nitrogen and oxygen atoms in total. The van der Waals surface area contributed by atoms with Crippen LogP contribution in [0.15, 0.2) is 43.5 Å². The molecule has 0 spiro atoms. The fraction of sp³-hybridized carbons (Fsp3) is 0.273. The van der Waals surface area contributed by atoms with Crippen LogP contribution in [-0.4, -0.2) is 47.0 Å². The molecule has 1 heterocycles. The van der Waals surface area contributed by atoms with Crippen molar-refractivity contribution in [1.82, 2.24) is 0 Å². The number of rotatable bonds is 6. The summed E-state index contributed by atoms with van der Waals surface area (Å²) in [6, 6.07) is 2.68. The third kappa shape index (κ3) is 11.0. The third-order valence-corrected chi connectivity index (χ3v) is 3.92. The zero-order chi connectivity index (χ0) is 22.8. The monoisotopic (exact) mass is 534 g/mol. The summed E-state index contributed by atoms with van der Waals surface area (Å²) in [4.78, 5) is 0. The van der Waals surface area contributed by atoms with E-state index in [4.69, 9.17) is 4.74 Å². The molecule has 1 fully saturated rings. The first-order chi connectivity index (χ1) is 14.2. The molecular formula is C22H21BrF6MgO2. The molecule has 172 valence electrons. The molecular weight excluding hydrogens is 514 g/mol. The maximum Gasteiger partial charge on any atom is 2.00 e. The SMILES string of the molecule is C=CC[C@@H](O)Cc1cc(F)c(F)cc1F.Fc1cc(F)c(C[C@H]2CO2)cc1F.[Br-].[CH-]=C.[Mg+2]. The van der Waals surface area contributed by atoms with Crippen LogP contribution < -0.4 is 17.0 Å². The molecule has 0 aromatic heterocycles. The summed E-state index contributed by atoms with van der Waals surface area (Å²) < 4.78 is 81.3. The van der Waals surface area contributed by atoms with Crippen molar-refractivity contribution in [1.29, 1.82) is 0 Å². The van der Waals surface area contributed by atoms with Crippen LogP contribution >= 0.6 is 0 Å². The summed E-state index contributed by atoms with van der Waals surface area (Å²) in [6.45, 7) is 11.0. The van der Waals surface area contributed by atoms with Gasteiger partial charge in [-0.2, -0.15) is 0 Å². The Morgan fingerprint density at radius 2 is 1.31 bits per heavy atom. The minimum absolute atomic E-state index is 0. The first-order valence-corrected chi connectivity index (χ1v) is 8.79. The van der Waals surface area contributed by atoms with Gasteiger partial charge in [-0.05, 0) is 29.7 Å². The van der Waals surface area contributed by atoms with Gasteiger partial charge in [-0.15, -0.1) is 6.58 Å². The van der Waals surface area contributed by atoms with Gasteiger partial charge < -0.3 is 33.4 Å². The predicted octanol–water partition coefficient (Wildman–Crippen LogP) is 1.86. The molecule has 0 saturated carbocycles. The van der Waals surface area contributed by atoms with Crippen LogP contribution in [0.25, 0.3) is 0 Å². The van der Waals surface area contributed by atoms with Crippen LogP contribution in [-0.2, 0) is 17.6 Å². The van der Waals surface area contributed by atoms with Crippen LogP contribution in [0.2, 0.25) is 0 Å². The van der Waals surface area contributed by atoms with Crippen molar-refractivity contribution in [3.05, 3.63) is 96.1 Å². The standard InChI is InChI=1S/C11H11F3O.C9H7F3O.C2H3.BrH.Mg/c1-2-3-8(15)4-7-5-10(13)11(14)6-9(7)12;10-7-3-9(12)8(11)2-5(7)1-6-4-13-6;1-2;;/h2,5-6,8,15H,1,3-4H2;2-3,6H,1,4H2;1H,2H2;1H;/q;;-1;;+2/p-1/t8-;6-;;;/m10.../s1. The van der Waals surface area contributed by atoms with Crippen LogP contribution in [0.3, 0.4) is 0 Å². The summed E-state index contributed by atoms with van der Waals surface area (Å²) in [5.74, 6) is -6.08. The van der Waals surface area contributed by atoms with Crippen molar-refractivity contribution >= 4 is 23.1 Å². The molecule has 10 heteroatoms. The molecule has 1 aliphatic rings. The second-order valence-electron chi connectivity index (χ2n) is 6.26. The summed E-state index contributed by atoms with van der Waals surface area (Å²) in [7, 11) is 0. The van der Waals surface area contributed by atoms with Gasteiger partial charge in [0.05, 0.1) is 18.8 Å². The van der Waals surface area contributed by atoms with Crippen molar-refractivity contribution < 1.29 is 53.2 Å². The summed E-state index contributed by atoms with van der Waals surface area (Å²) in [6.07, 6.45) is 1.14. The van der Waals surface area contributed by atoms with Gasteiger partial charge in [0.2, 0.25) is 0 Å². The van der Waals surface area contributed by atoms with Crippen molar-refractivity contribution in [2.75, 3.05) is 6.61 Å². The maximum absolute atomic E-state index is 13.1. The first-order valence-electron chi connectivity index (χ1n) is 8.79. The maximum atomic E-state index is 13.1. The zero-order valence-electron chi connectivity index (χ0n) is 17.1. The summed E-state index contributed by atoms with van der Waals surface area (Å²) in [5.41, 5.74) is 0.129. The molecule has 1 saturated heterocycles. The number of ether oxygens (including phenoxy) is 1. The predicted molar refractivity (Wildman–Crippen MR) is 106 cm³/mol. The third-order valence-electron chi connectivity index (χ3n) is 3.92. The van der Waals surface area contributed by atoms with E-state index in [-0.39, 0.29) is 70.1 Å². The van der Waals surface area contributed by atoms with Gasteiger partial charge in [0.15, 0.2) is 23.3 Å². The van der Waals surface area contributed by atoms with Crippen LogP contribution in [0.5, 0.6) is 0 Å². The number of aliphatic hydroxyl groups excluding tert-OH is 1. The van der Waals surface area contributed by atoms with Crippen molar-refractivity contribution in [2.45, 2.75) is 31.5 Å². The second kappa shape index (κ2) is 16.3. The van der Waals surface area contributed by atoms with E-state index >= 15 is 0 Å². The van der Waals surface area contributed by atoms with E-state index in [9.17, 15) is 31.4 Å². The number of aliphatic hydroxyl groups is 1. The van der Waals surface area contributed by atoms with Gasteiger partial charge >= 0.3 is 23.1 Å². The number of epoxide rings is 1. The molecule has 2 aromatic carbocycles. The van der Waals surface area contributed by atoms with E-state index in [1.54, 1.807) is 0 Å². The van der Waals surface area contributed by atoms with Gasteiger partial charge in [-0.1, -0.05) is 6.08 Å². The van der Waals surface area contributed by atoms with Crippen LogP contribution in [0.4, 0.5) is 26.3 Å². The van der Waals surface area contributed by atoms with Gasteiger partial charge in [-0.3, -0.25) is 6.58 Å². The Balaban J connectivity index is 0. The molecule has 3 rings (SSSR count). The second-order valence-corrected chi connectivity index (χ2v) is 6.26. The van der Waals surface area contributed by atoms with Crippen molar-refractivity contribution in [2.24, 2.45) is 0 Å². The summed E-state index contributed by atoms with van der Waals surface area (Å²) in [5, 5.41) is 9.33. The van der Waals surface area contributed by atoms with Crippen molar-refractivity contribution in [3.8, 4) is 0 Å². The van der Waals surface area contributed by atoms with Crippen LogP contribution in [0.1, 0.15) is 17.5 Å². The fourth-order valence-corrected chi connectivity index (χ4v) is 2.40. The molecule has 2 aromatic rings. The quantitative estimate of drug-likeness (QED) is 0.153. The van der Waals surface area contributed by atoms with E-state index in [1.165, 1.54) is 6.08 Å². The molecule has 0 radical (unpaired) electrons. The van der Waals surface area contributed by atoms with Crippen LogP contribution in [0, 0.1) is 41.5 Å². The first kappa shape index (κ1) is 32.8. The minimum atomic E-state index is -1.23. The normalized spacial score (nSPS) is 14.3. The Kier molecular flexibility index (Phi) is 16.7. The minimum Gasteiger partial charge on any atom is -1.00 e. The Morgan fingerprint density at radius 1 is 0.906 bits per heavy atom. The fourth-order valence-electron chi connectivity index (χ4n) is 2.40. The van der Waals surface area contributed by atoms with E-state index in [0.717, 1.165) is 12.1 Å². The molecule has 0 bridgehead atoms. The van der Waals surface area contributed by atoms with E-state index in [1.807, 2.05) is 0 Å². The average molecular weight is 536 g/mol. The van der Waals surface area contributed by atoms with Gasteiger partial charge in [-0.25, -0.2) is 26.3 Å². The molecule has 0 amide bonds. The Morgan fingerprint density at radius 3 is 1.75 bits per heavy atom. The number of halogens is 7. The van der Waals surface area contributed by atoms with E-state index in [0.29, 0.717) is 25.2 Å². The van der Waals surface area contributed by atoms with Crippen molar-refractivity contribution in [3.63, 3.8) is 0 Å². The smallest absolute Gasteiger partial charge is 1.00 e. The average Bonchev–Trinajstić information content (AvgIpc) is 3.51. The van der Waals surface area contributed by atoms with Gasteiger partial charge in [0, 0.05) is 25.0 Å². The van der Waals surface area contributed by atoms with Gasteiger partial charge in [0.1, 0.15) is 11.6 Å². The molecule has 1 N–H and O–H groups in total. The Hall–Kier alpha value is -1.33. The number of benzene rings is 2. The van der Waals surface area contributed by atoms with E-state index < -0.39 is 41.0 Å². The molecule has 0 unspecified atom stereocenters. The largest absolute Gasteiger partial charge is 2.00 e. The zero-order valence-corrected chi connectivity index (χ0v) is 20.1. The molecule has 2 atom stereocenters.